The number of halogens is 2. The van der Waals surface area contributed by atoms with E-state index < -0.39 is 0 Å². The Labute approximate surface area is 178 Å². The van der Waals surface area contributed by atoms with Crippen LogP contribution in [0.1, 0.15) is 33.3 Å². The molecule has 148 valence electrons. The average molecular weight is 497 g/mol. The summed E-state index contributed by atoms with van der Waals surface area (Å²) in [4.78, 5) is 18.5. The summed E-state index contributed by atoms with van der Waals surface area (Å²) >= 11 is 5.99. The third-order valence-electron chi connectivity index (χ3n) is 3.24. The Bertz CT molecular complexity index is 618. The Kier molecular flexibility index (Phi) is 10.9. The SMILES string of the molecule is CCNC(=NCc1ccc(Cl)cc1OC)N(C)CC(=O)NC(C)(C)C.I. The Balaban J connectivity index is 0.00000625. The van der Waals surface area contributed by atoms with Crippen molar-refractivity contribution in [2.45, 2.75) is 39.8 Å². The molecule has 0 fully saturated rings. The molecule has 1 amide bonds. The van der Waals surface area contributed by atoms with Crippen molar-refractivity contribution in [3.05, 3.63) is 28.8 Å². The van der Waals surface area contributed by atoms with E-state index in [0.717, 1.165) is 5.56 Å². The molecule has 6 nitrogen and oxygen atoms in total. The molecule has 0 saturated heterocycles. The number of aliphatic imine (C=N–C) groups is 1. The molecule has 0 atom stereocenters. The number of rotatable bonds is 6. The van der Waals surface area contributed by atoms with Gasteiger partial charge in [0.1, 0.15) is 5.75 Å². The van der Waals surface area contributed by atoms with Gasteiger partial charge in [-0.2, -0.15) is 0 Å². The number of hydrogen-bond donors (Lipinski definition) is 2. The van der Waals surface area contributed by atoms with Crippen molar-refractivity contribution in [2.75, 3.05) is 27.2 Å². The second-order valence-electron chi connectivity index (χ2n) is 6.78. The minimum Gasteiger partial charge on any atom is -0.496 e. The van der Waals surface area contributed by atoms with E-state index in [0.29, 0.717) is 29.8 Å². The maximum atomic E-state index is 12.1. The zero-order valence-corrected chi connectivity index (χ0v) is 19.4. The van der Waals surface area contributed by atoms with Crippen molar-refractivity contribution in [2.24, 2.45) is 4.99 Å². The van der Waals surface area contributed by atoms with Crippen molar-refractivity contribution in [3.63, 3.8) is 0 Å². The molecule has 0 unspecified atom stereocenters. The number of benzene rings is 1. The minimum atomic E-state index is -0.260. The highest BCUT2D eigenvalue weighted by Gasteiger charge is 2.16. The van der Waals surface area contributed by atoms with E-state index in [9.17, 15) is 4.79 Å². The van der Waals surface area contributed by atoms with Crippen LogP contribution in [-0.4, -0.2) is 49.6 Å². The molecule has 0 aliphatic carbocycles. The first kappa shape index (κ1) is 24.8. The van der Waals surface area contributed by atoms with Crippen LogP contribution in [0.25, 0.3) is 0 Å². The van der Waals surface area contributed by atoms with Crippen LogP contribution in [0, 0.1) is 0 Å². The first-order chi connectivity index (χ1) is 11.7. The van der Waals surface area contributed by atoms with Crippen LogP contribution in [-0.2, 0) is 11.3 Å². The molecule has 0 radical (unpaired) electrons. The molecule has 1 aromatic rings. The van der Waals surface area contributed by atoms with Crippen molar-refractivity contribution in [1.29, 1.82) is 0 Å². The van der Waals surface area contributed by atoms with Crippen LogP contribution in [0.4, 0.5) is 0 Å². The monoisotopic (exact) mass is 496 g/mol. The first-order valence-electron chi connectivity index (χ1n) is 8.29. The molecule has 1 rings (SSSR count). The molecule has 0 bridgehead atoms. The van der Waals surface area contributed by atoms with Gasteiger partial charge < -0.3 is 20.3 Å². The predicted octanol–water partition coefficient (Wildman–Crippen LogP) is 3.28. The van der Waals surface area contributed by atoms with Gasteiger partial charge in [-0.15, -0.1) is 24.0 Å². The molecule has 0 saturated carbocycles. The fourth-order valence-corrected chi connectivity index (χ4v) is 2.39. The molecule has 0 aliphatic rings. The highest BCUT2D eigenvalue weighted by Crippen LogP contribution is 2.23. The maximum Gasteiger partial charge on any atom is 0.240 e. The molecule has 26 heavy (non-hydrogen) atoms. The standard InChI is InChI=1S/C18H29ClN4O2.HI/c1-7-20-17(23(5)12-16(24)22-18(2,3)4)21-11-13-8-9-14(19)10-15(13)25-6;/h8-10H,7,11-12H2,1-6H3,(H,20,21)(H,22,24);1H. The number of likely N-dealkylation sites (N-methyl/N-ethyl adjacent to an activating group) is 1. The van der Waals surface area contributed by atoms with Gasteiger partial charge in [-0.1, -0.05) is 17.7 Å². The van der Waals surface area contributed by atoms with Crippen LogP contribution in [0.5, 0.6) is 5.75 Å². The smallest absolute Gasteiger partial charge is 0.240 e. The molecule has 0 aliphatic heterocycles. The van der Waals surface area contributed by atoms with Gasteiger partial charge in [-0.25, -0.2) is 4.99 Å². The number of hydrogen-bond acceptors (Lipinski definition) is 3. The quantitative estimate of drug-likeness (QED) is 0.360. The molecule has 0 aromatic heterocycles. The van der Waals surface area contributed by atoms with E-state index in [1.165, 1.54) is 0 Å². The number of amides is 1. The van der Waals surface area contributed by atoms with E-state index in [1.807, 2.05) is 46.9 Å². The summed E-state index contributed by atoms with van der Waals surface area (Å²) in [6.45, 7) is 9.21. The first-order valence-corrected chi connectivity index (χ1v) is 8.67. The van der Waals surface area contributed by atoms with Crippen LogP contribution in [0.3, 0.4) is 0 Å². The lowest BCUT2D eigenvalue weighted by atomic mass is 10.1. The van der Waals surface area contributed by atoms with Crippen LogP contribution < -0.4 is 15.4 Å². The third-order valence-corrected chi connectivity index (χ3v) is 3.48. The third kappa shape index (κ3) is 8.93. The van der Waals surface area contributed by atoms with Gasteiger partial charge in [-0.05, 0) is 39.8 Å². The average Bonchev–Trinajstić information content (AvgIpc) is 2.50. The largest absolute Gasteiger partial charge is 0.496 e. The van der Waals surface area contributed by atoms with Crippen LogP contribution >= 0.6 is 35.6 Å². The minimum absolute atomic E-state index is 0. The highest BCUT2D eigenvalue weighted by atomic mass is 127. The number of nitrogens with zero attached hydrogens (tertiary/aromatic N) is 2. The summed E-state index contributed by atoms with van der Waals surface area (Å²) in [5, 5.41) is 6.76. The molecule has 1 aromatic carbocycles. The fraction of sp³-hybridized carbons (Fsp3) is 0.556. The highest BCUT2D eigenvalue weighted by molar-refractivity contribution is 14.0. The van der Waals surface area contributed by atoms with E-state index in [-0.39, 0.29) is 42.0 Å². The number of carbonyl (C=O) groups excluding carboxylic acids is 1. The maximum absolute atomic E-state index is 12.1. The number of guanidine groups is 1. The molecular weight excluding hydrogens is 467 g/mol. The van der Waals surface area contributed by atoms with Crippen molar-refractivity contribution in [3.8, 4) is 5.75 Å². The van der Waals surface area contributed by atoms with Crippen molar-refractivity contribution < 1.29 is 9.53 Å². The van der Waals surface area contributed by atoms with E-state index >= 15 is 0 Å². The van der Waals surface area contributed by atoms with Crippen molar-refractivity contribution >= 4 is 47.4 Å². The van der Waals surface area contributed by atoms with E-state index in [4.69, 9.17) is 16.3 Å². The lowest BCUT2D eigenvalue weighted by molar-refractivity contribution is -0.122. The van der Waals surface area contributed by atoms with Gasteiger partial charge in [-0.3, -0.25) is 4.79 Å². The number of methoxy groups -OCH3 is 1. The van der Waals surface area contributed by atoms with Gasteiger partial charge >= 0.3 is 0 Å². The Morgan fingerprint density at radius 3 is 2.54 bits per heavy atom. The Morgan fingerprint density at radius 2 is 2.00 bits per heavy atom. The normalized spacial score (nSPS) is 11.4. The lowest BCUT2D eigenvalue weighted by Crippen LogP contribution is -2.48. The number of nitrogens with one attached hydrogen (secondary N) is 2. The van der Waals surface area contributed by atoms with Gasteiger partial charge in [0.15, 0.2) is 5.96 Å². The number of carbonyl (C=O) groups is 1. The predicted molar refractivity (Wildman–Crippen MR) is 119 cm³/mol. The summed E-state index contributed by atoms with van der Waals surface area (Å²) in [6.07, 6.45) is 0. The molecule has 2 N–H and O–H groups in total. The fourth-order valence-electron chi connectivity index (χ4n) is 2.23. The summed E-state index contributed by atoms with van der Waals surface area (Å²) in [7, 11) is 3.44. The Hall–Kier alpha value is -1.22. The second-order valence-corrected chi connectivity index (χ2v) is 7.22. The zero-order chi connectivity index (χ0) is 19.0. The molecule has 0 heterocycles. The van der Waals surface area contributed by atoms with Gasteiger partial charge in [0.05, 0.1) is 20.2 Å². The summed E-state index contributed by atoms with van der Waals surface area (Å²) in [6, 6.07) is 5.46. The zero-order valence-electron chi connectivity index (χ0n) is 16.4. The number of ether oxygens (including phenoxy) is 1. The lowest BCUT2D eigenvalue weighted by Gasteiger charge is -2.25. The van der Waals surface area contributed by atoms with Crippen molar-refractivity contribution in [1.82, 2.24) is 15.5 Å². The van der Waals surface area contributed by atoms with Crippen LogP contribution in [0.15, 0.2) is 23.2 Å². The molecule has 0 spiro atoms. The molecular formula is C18H30ClIN4O2. The van der Waals surface area contributed by atoms with Gasteiger partial charge in [0, 0.05) is 29.7 Å². The van der Waals surface area contributed by atoms with E-state index in [2.05, 4.69) is 15.6 Å². The Morgan fingerprint density at radius 1 is 1.35 bits per heavy atom. The summed E-state index contributed by atoms with van der Waals surface area (Å²) < 4.78 is 5.35. The summed E-state index contributed by atoms with van der Waals surface area (Å²) in [5.74, 6) is 1.30. The summed E-state index contributed by atoms with van der Waals surface area (Å²) in [5.41, 5.74) is 0.666. The van der Waals surface area contributed by atoms with Gasteiger partial charge in [0.25, 0.3) is 0 Å². The second kappa shape index (κ2) is 11.5. The van der Waals surface area contributed by atoms with Gasteiger partial charge in [0.2, 0.25) is 5.91 Å². The van der Waals surface area contributed by atoms with E-state index in [1.54, 1.807) is 18.1 Å². The molecule has 8 heteroatoms. The topological polar surface area (TPSA) is 66.0 Å². The van der Waals surface area contributed by atoms with Crippen LogP contribution in [0.2, 0.25) is 5.02 Å².